The number of nitrogens with two attached hydrogens (primary N) is 1. The SMILES string of the molecule is COc1ccc(CCOc2ccc(CCN)cc2Cl)cc1. The van der Waals surface area contributed by atoms with Crippen molar-refractivity contribution in [2.75, 3.05) is 20.3 Å². The van der Waals surface area contributed by atoms with Gasteiger partial charge in [-0.15, -0.1) is 0 Å². The zero-order valence-corrected chi connectivity index (χ0v) is 12.9. The van der Waals surface area contributed by atoms with Gasteiger partial charge in [-0.05, 0) is 48.4 Å². The van der Waals surface area contributed by atoms with E-state index in [-0.39, 0.29) is 0 Å². The lowest BCUT2D eigenvalue weighted by atomic mass is 10.1. The molecule has 0 fully saturated rings. The van der Waals surface area contributed by atoms with Crippen molar-refractivity contribution >= 4 is 11.6 Å². The van der Waals surface area contributed by atoms with E-state index in [1.54, 1.807) is 7.11 Å². The monoisotopic (exact) mass is 305 g/mol. The maximum atomic E-state index is 6.20. The molecule has 0 radical (unpaired) electrons. The molecule has 3 nitrogen and oxygen atoms in total. The van der Waals surface area contributed by atoms with Gasteiger partial charge in [-0.2, -0.15) is 0 Å². The summed E-state index contributed by atoms with van der Waals surface area (Å²) in [7, 11) is 1.66. The summed E-state index contributed by atoms with van der Waals surface area (Å²) in [6.07, 6.45) is 1.65. The molecule has 0 saturated carbocycles. The molecule has 0 atom stereocenters. The summed E-state index contributed by atoms with van der Waals surface area (Å²) in [6.45, 7) is 1.20. The van der Waals surface area contributed by atoms with Crippen LogP contribution in [0.25, 0.3) is 0 Å². The summed E-state index contributed by atoms with van der Waals surface area (Å²) in [5.41, 5.74) is 7.86. The minimum atomic E-state index is 0.586. The number of halogens is 1. The van der Waals surface area contributed by atoms with E-state index in [4.69, 9.17) is 26.8 Å². The van der Waals surface area contributed by atoms with Crippen LogP contribution in [0.4, 0.5) is 0 Å². The predicted octanol–water partition coefficient (Wildman–Crippen LogP) is 3.47. The van der Waals surface area contributed by atoms with Crippen LogP contribution in [-0.4, -0.2) is 20.3 Å². The second-order valence-electron chi connectivity index (χ2n) is 4.75. The van der Waals surface area contributed by atoms with Crippen LogP contribution in [0.5, 0.6) is 11.5 Å². The first-order chi connectivity index (χ1) is 10.2. The Morgan fingerprint density at radius 3 is 2.33 bits per heavy atom. The molecule has 2 aromatic rings. The average molecular weight is 306 g/mol. The van der Waals surface area contributed by atoms with E-state index >= 15 is 0 Å². The minimum Gasteiger partial charge on any atom is -0.497 e. The molecule has 2 N–H and O–H groups in total. The van der Waals surface area contributed by atoms with E-state index in [9.17, 15) is 0 Å². The fourth-order valence-corrected chi connectivity index (χ4v) is 2.31. The van der Waals surface area contributed by atoms with Crippen molar-refractivity contribution in [3.63, 3.8) is 0 Å². The summed E-state index contributed by atoms with van der Waals surface area (Å²) in [5.74, 6) is 1.57. The zero-order chi connectivity index (χ0) is 15.1. The number of hydrogen-bond donors (Lipinski definition) is 1. The first-order valence-electron chi connectivity index (χ1n) is 6.97. The topological polar surface area (TPSA) is 44.5 Å². The van der Waals surface area contributed by atoms with Gasteiger partial charge >= 0.3 is 0 Å². The third kappa shape index (κ3) is 4.66. The highest BCUT2D eigenvalue weighted by atomic mass is 35.5. The summed E-state index contributed by atoms with van der Waals surface area (Å²) >= 11 is 6.20. The lowest BCUT2D eigenvalue weighted by Gasteiger charge is -2.10. The first kappa shape index (κ1) is 15.7. The van der Waals surface area contributed by atoms with Gasteiger partial charge in [-0.25, -0.2) is 0 Å². The largest absolute Gasteiger partial charge is 0.497 e. The molecule has 0 aliphatic carbocycles. The Kier molecular flexibility index (Phi) is 5.90. The summed E-state index contributed by atoms with van der Waals surface area (Å²) < 4.78 is 10.9. The van der Waals surface area contributed by atoms with E-state index < -0.39 is 0 Å². The normalized spacial score (nSPS) is 10.4. The molecular weight excluding hydrogens is 286 g/mol. The third-order valence-corrected chi connectivity index (χ3v) is 3.53. The second kappa shape index (κ2) is 7.91. The lowest BCUT2D eigenvalue weighted by molar-refractivity contribution is 0.322. The molecule has 0 heterocycles. The van der Waals surface area contributed by atoms with Crippen molar-refractivity contribution in [1.82, 2.24) is 0 Å². The Morgan fingerprint density at radius 2 is 1.71 bits per heavy atom. The van der Waals surface area contributed by atoms with Gasteiger partial charge in [0.05, 0.1) is 18.7 Å². The lowest BCUT2D eigenvalue weighted by Crippen LogP contribution is -2.04. The molecule has 0 aliphatic rings. The van der Waals surface area contributed by atoms with Gasteiger partial charge < -0.3 is 15.2 Å². The number of ether oxygens (including phenoxy) is 2. The van der Waals surface area contributed by atoms with Crippen molar-refractivity contribution in [2.45, 2.75) is 12.8 Å². The molecule has 4 heteroatoms. The Morgan fingerprint density at radius 1 is 1.00 bits per heavy atom. The third-order valence-electron chi connectivity index (χ3n) is 3.24. The van der Waals surface area contributed by atoms with Crippen molar-refractivity contribution in [1.29, 1.82) is 0 Å². The number of hydrogen-bond acceptors (Lipinski definition) is 3. The molecule has 0 aliphatic heterocycles. The Labute approximate surface area is 130 Å². The standard InChI is InChI=1S/C17H20ClNO2/c1-20-15-5-2-13(3-6-15)9-11-21-17-7-4-14(8-10-19)12-16(17)18/h2-7,12H,8-11,19H2,1H3. The highest BCUT2D eigenvalue weighted by Crippen LogP contribution is 2.25. The van der Waals surface area contributed by atoms with Crippen molar-refractivity contribution in [3.05, 3.63) is 58.6 Å². The quantitative estimate of drug-likeness (QED) is 0.852. The van der Waals surface area contributed by atoms with E-state index in [1.165, 1.54) is 5.56 Å². The Balaban J connectivity index is 1.87. The number of benzene rings is 2. The Bertz CT molecular complexity index is 570. The molecular formula is C17H20ClNO2. The van der Waals surface area contributed by atoms with Crippen molar-refractivity contribution in [2.24, 2.45) is 5.73 Å². The van der Waals surface area contributed by atoms with Crippen LogP contribution in [0.1, 0.15) is 11.1 Å². The van der Waals surface area contributed by atoms with Gasteiger partial charge in [-0.1, -0.05) is 29.8 Å². The van der Waals surface area contributed by atoms with E-state index in [0.29, 0.717) is 23.9 Å². The average Bonchev–Trinajstić information content (AvgIpc) is 2.50. The highest BCUT2D eigenvalue weighted by Gasteiger charge is 2.03. The van der Waals surface area contributed by atoms with E-state index in [1.807, 2.05) is 42.5 Å². The van der Waals surface area contributed by atoms with Crippen LogP contribution in [0.3, 0.4) is 0 Å². The van der Waals surface area contributed by atoms with Crippen LogP contribution >= 0.6 is 11.6 Å². The van der Waals surface area contributed by atoms with Gasteiger partial charge in [0.2, 0.25) is 0 Å². The van der Waals surface area contributed by atoms with Crippen LogP contribution in [0.2, 0.25) is 5.02 Å². The number of methoxy groups -OCH3 is 1. The summed E-state index contributed by atoms with van der Waals surface area (Å²) in [6, 6.07) is 13.8. The van der Waals surface area contributed by atoms with E-state index in [2.05, 4.69) is 0 Å². The fourth-order valence-electron chi connectivity index (χ4n) is 2.05. The maximum absolute atomic E-state index is 6.20. The van der Waals surface area contributed by atoms with Crippen LogP contribution < -0.4 is 15.2 Å². The second-order valence-corrected chi connectivity index (χ2v) is 5.16. The molecule has 21 heavy (non-hydrogen) atoms. The van der Waals surface area contributed by atoms with Gasteiger partial charge in [0.15, 0.2) is 0 Å². The summed E-state index contributed by atoms with van der Waals surface area (Å²) in [4.78, 5) is 0. The summed E-state index contributed by atoms with van der Waals surface area (Å²) in [5, 5.41) is 0.635. The van der Waals surface area contributed by atoms with Crippen molar-refractivity contribution in [3.8, 4) is 11.5 Å². The van der Waals surface area contributed by atoms with Crippen LogP contribution in [0, 0.1) is 0 Å². The Hall–Kier alpha value is -1.71. The van der Waals surface area contributed by atoms with Crippen LogP contribution in [0.15, 0.2) is 42.5 Å². The minimum absolute atomic E-state index is 0.586. The van der Waals surface area contributed by atoms with Gasteiger partial charge in [0.1, 0.15) is 11.5 Å². The predicted molar refractivity (Wildman–Crippen MR) is 86.4 cm³/mol. The van der Waals surface area contributed by atoms with Crippen LogP contribution in [-0.2, 0) is 12.8 Å². The molecule has 0 amide bonds. The van der Waals surface area contributed by atoms with E-state index in [0.717, 1.165) is 24.2 Å². The zero-order valence-electron chi connectivity index (χ0n) is 12.1. The molecule has 0 saturated heterocycles. The molecule has 2 aromatic carbocycles. The van der Waals surface area contributed by atoms with Gasteiger partial charge in [0, 0.05) is 6.42 Å². The molecule has 0 unspecified atom stereocenters. The number of rotatable bonds is 7. The molecule has 2 rings (SSSR count). The van der Waals surface area contributed by atoms with Crippen molar-refractivity contribution < 1.29 is 9.47 Å². The smallest absolute Gasteiger partial charge is 0.137 e. The van der Waals surface area contributed by atoms with Gasteiger partial charge in [0.25, 0.3) is 0 Å². The fraction of sp³-hybridized carbons (Fsp3) is 0.294. The first-order valence-corrected chi connectivity index (χ1v) is 7.35. The molecule has 0 bridgehead atoms. The van der Waals surface area contributed by atoms with Gasteiger partial charge in [-0.3, -0.25) is 0 Å². The molecule has 112 valence electrons. The molecule has 0 aromatic heterocycles. The molecule has 0 spiro atoms. The maximum Gasteiger partial charge on any atom is 0.137 e. The highest BCUT2D eigenvalue weighted by molar-refractivity contribution is 6.32.